The summed E-state index contributed by atoms with van der Waals surface area (Å²) < 4.78 is 0. The minimum atomic E-state index is 0.141. The standard InChI is InChI=1S/C17H28N2/c1-14-7-4-5-8-15(14)16(18)13-19-11-6-9-17(2,3)10-12-19/h4-5,7-8,16H,6,9-13,18H2,1-3H3. The van der Waals surface area contributed by atoms with Crippen molar-refractivity contribution in [2.45, 2.75) is 46.1 Å². The van der Waals surface area contributed by atoms with Crippen molar-refractivity contribution in [2.75, 3.05) is 19.6 Å². The molecule has 2 rings (SSSR count). The zero-order chi connectivity index (χ0) is 13.9. The summed E-state index contributed by atoms with van der Waals surface area (Å²) in [7, 11) is 0. The van der Waals surface area contributed by atoms with Crippen molar-refractivity contribution >= 4 is 0 Å². The van der Waals surface area contributed by atoms with Gasteiger partial charge in [-0.15, -0.1) is 0 Å². The molecule has 1 heterocycles. The summed E-state index contributed by atoms with van der Waals surface area (Å²) in [6.45, 7) is 10.3. The number of nitrogens with zero attached hydrogens (tertiary/aromatic N) is 1. The minimum absolute atomic E-state index is 0.141. The lowest BCUT2D eigenvalue weighted by Gasteiger charge is -2.26. The molecule has 106 valence electrons. The van der Waals surface area contributed by atoms with E-state index in [2.05, 4.69) is 49.9 Å². The second kappa shape index (κ2) is 6.06. The topological polar surface area (TPSA) is 29.3 Å². The molecule has 2 heteroatoms. The lowest BCUT2D eigenvalue weighted by atomic mass is 9.85. The van der Waals surface area contributed by atoms with Crippen LogP contribution >= 0.6 is 0 Å². The molecule has 1 aromatic carbocycles. The van der Waals surface area contributed by atoms with Crippen molar-refractivity contribution in [1.82, 2.24) is 4.90 Å². The van der Waals surface area contributed by atoms with Crippen molar-refractivity contribution in [2.24, 2.45) is 11.1 Å². The Morgan fingerprint density at radius 3 is 2.68 bits per heavy atom. The quantitative estimate of drug-likeness (QED) is 0.901. The molecule has 1 aromatic rings. The highest BCUT2D eigenvalue weighted by Crippen LogP contribution is 2.30. The maximum absolute atomic E-state index is 6.40. The van der Waals surface area contributed by atoms with Gasteiger partial charge in [-0.25, -0.2) is 0 Å². The van der Waals surface area contributed by atoms with Crippen LogP contribution in [0.4, 0.5) is 0 Å². The van der Waals surface area contributed by atoms with Gasteiger partial charge in [0.25, 0.3) is 0 Å². The van der Waals surface area contributed by atoms with Gasteiger partial charge >= 0.3 is 0 Å². The van der Waals surface area contributed by atoms with Gasteiger partial charge in [0, 0.05) is 12.6 Å². The number of likely N-dealkylation sites (tertiary alicyclic amines) is 1. The lowest BCUT2D eigenvalue weighted by molar-refractivity contribution is 0.250. The van der Waals surface area contributed by atoms with Gasteiger partial charge in [0.15, 0.2) is 0 Å². The largest absolute Gasteiger partial charge is 0.323 e. The monoisotopic (exact) mass is 260 g/mol. The van der Waals surface area contributed by atoms with Gasteiger partial charge in [-0.2, -0.15) is 0 Å². The molecule has 1 aliphatic heterocycles. The molecule has 1 unspecified atom stereocenters. The first-order valence-corrected chi connectivity index (χ1v) is 7.51. The zero-order valence-electron chi connectivity index (χ0n) is 12.7. The number of rotatable bonds is 3. The van der Waals surface area contributed by atoms with E-state index >= 15 is 0 Å². The Morgan fingerprint density at radius 1 is 1.21 bits per heavy atom. The number of hydrogen-bond acceptors (Lipinski definition) is 2. The molecule has 19 heavy (non-hydrogen) atoms. The minimum Gasteiger partial charge on any atom is -0.323 e. The molecular weight excluding hydrogens is 232 g/mol. The third kappa shape index (κ3) is 4.05. The average molecular weight is 260 g/mol. The fraction of sp³-hybridized carbons (Fsp3) is 0.647. The first-order valence-electron chi connectivity index (χ1n) is 7.51. The maximum atomic E-state index is 6.40. The van der Waals surface area contributed by atoms with Gasteiger partial charge in [-0.1, -0.05) is 38.1 Å². The van der Waals surface area contributed by atoms with E-state index in [1.807, 2.05) is 0 Å². The van der Waals surface area contributed by atoms with Crippen LogP contribution in [-0.2, 0) is 0 Å². The summed E-state index contributed by atoms with van der Waals surface area (Å²) in [4.78, 5) is 2.55. The molecular formula is C17H28N2. The Hall–Kier alpha value is -0.860. The van der Waals surface area contributed by atoms with Crippen LogP contribution in [0.1, 0.15) is 50.3 Å². The highest BCUT2D eigenvalue weighted by atomic mass is 15.1. The Bertz CT molecular complexity index is 411. The van der Waals surface area contributed by atoms with Crippen molar-refractivity contribution in [3.05, 3.63) is 35.4 Å². The lowest BCUT2D eigenvalue weighted by Crippen LogP contribution is -2.33. The smallest absolute Gasteiger partial charge is 0.0426 e. The Labute approximate surface area is 118 Å². The van der Waals surface area contributed by atoms with E-state index in [1.165, 1.54) is 43.5 Å². The molecule has 1 saturated heterocycles. The van der Waals surface area contributed by atoms with Crippen LogP contribution in [0.3, 0.4) is 0 Å². The molecule has 1 fully saturated rings. The fourth-order valence-electron chi connectivity index (χ4n) is 3.04. The Balaban J connectivity index is 1.96. The van der Waals surface area contributed by atoms with Crippen molar-refractivity contribution < 1.29 is 0 Å². The third-order valence-electron chi connectivity index (χ3n) is 4.48. The zero-order valence-corrected chi connectivity index (χ0v) is 12.7. The normalized spacial score (nSPS) is 21.9. The van der Waals surface area contributed by atoms with Crippen LogP contribution in [0, 0.1) is 12.3 Å². The summed E-state index contributed by atoms with van der Waals surface area (Å²) >= 11 is 0. The molecule has 0 spiro atoms. The molecule has 0 radical (unpaired) electrons. The van der Waals surface area contributed by atoms with Crippen LogP contribution in [0.25, 0.3) is 0 Å². The third-order valence-corrected chi connectivity index (χ3v) is 4.48. The molecule has 0 bridgehead atoms. The number of hydrogen-bond donors (Lipinski definition) is 1. The van der Waals surface area contributed by atoms with Crippen LogP contribution < -0.4 is 5.73 Å². The molecule has 1 aliphatic rings. The first kappa shape index (κ1) is 14.5. The Kier molecular flexibility index (Phi) is 4.64. The predicted molar refractivity (Wildman–Crippen MR) is 82.2 cm³/mol. The highest BCUT2D eigenvalue weighted by Gasteiger charge is 2.24. The maximum Gasteiger partial charge on any atom is 0.0426 e. The summed E-state index contributed by atoms with van der Waals surface area (Å²) in [5.74, 6) is 0. The predicted octanol–water partition coefficient (Wildman–Crippen LogP) is 3.51. The summed E-state index contributed by atoms with van der Waals surface area (Å²) in [5.41, 5.74) is 9.51. The molecule has 0 aliphatic carbocycles. The fourth-order valence-corrected chi connectivity index (χ4v) is 3.04. The molecule has 0 amide bonds. The number of nitrogens with two attached hydrogens (primary N) is 1. The second-order valence-corrected chi connectivity index (χ2v) is 6.78. The van der Waals surface area contributed by atoms with Crippen LogP contribution in [0.2, 0.25) is 0 Å². The van der Waals surface area contributed by atoms with Crippen molar-refractivity contribution in [3.8, 4) is 0 Å². The molecule has 1 atom stereocenters. The van der Waals surface area contributed by atoms with Crippen molar-refractivity contribution in [3.63, 3.8) is 0 Å². The van der Waals surface area contributed by atoms with Gasteiger partial charge in [0.1, 0.15) is 0 Å². The van der Waals surface area contributed by atoms with E-state index in [0.29, 0.717) is 5.41 Å². The highest BCUT2D eigenvalue weighted by molar-refractivity contribution is 5.28. The molecule has 0 aromatic heterocycles. The van der Waals surface area contributed by atoms with E-state index in [4.69, 9.17) is 5.73 Å². The Morgan fingerprint density at radius 2 is 1.95 bits per heavy atom. The van der Waals surface area contributed by atoms with E-state index in [1.54, 1.807) is 0 Å². The summed E-state index contributed by atoms with van der Waals surface area (Å²) in [6, 6.07) is 8.64. The number of aryl methyl sites for hydroxylation is 1. The van der Waals surface area contributed by atoms with E-state index < -0.39 is 0 Å². The SMILES string of the molecule is Cc1ccccc1C(N)CN1CCCC(C)(C)CC1. The molecule has 2 N–H and O–H groups in total. The van der Waals surface area contributed by atoms with Gasteiger partial charge in [0.05, 0.1) is 0 Å². The van der Waals surface area contributed by atoms with Crippen LogP contribution in [0.5, 0.6) is 0 Å². The number of benzene rings is 1. The van der Waals surface area contributed by atoms with Crippen LogP contribution in [-0.4, -0.2) is 24.5 Å². The summed E-state index contributed by atoms with van der Waals surface area (Å²) in [6.07, 6.45) is 3.92. The summed E-state index contributed by atoms with van der Waals surface area (Å²) in [5, 5.41) is 0. The van der Waals surface area contributed by atoms with Gasteiger partial charge in [-0.3, -0.25) is 0 Å². The first-order chi connectivity index (χ1) is 8.98. The average Bonchev–Trinajstić information content (AvgIpc) is 2.51. The van der Waals surface area contributed by atoms with E-state index in [0.717, 1.165) is 6.54 Å². The van der Waals surface area contributed by atoms with Gasteiger partial charge in [-0.05, 0) is 55.8 Å². The van der Waals surface area contributed by atoms with Crippen molar-refractivity contribution in [1.29, 1.82) is 0 Å². The van der Waals surface area contributed by atoms with Gasteiger partial charge < -0.3 is 10.6 Å². The van der Waals surface area contributed by atoms with E-state index in [9.17, 15) is 0 Å². The van der Waals surface area contributed by atoms with Crippen LogP contribution in [0.15, 0.2) is 24.3 Å². The molecule has 0 saturated carbocycles. The second-order valence-electron chi connectivity index (χ2n) is 6.78. The van der Waals surface area contributed by atoms with Gasteiger partial charge in [0.2, 0.25) is 0 Å². The molecule has 2 nitrogen and oxygen atoms in total. The van der Waals surface area contributed by atoms with E-state index in [-0.39, 0.29) is 6.04 Å².